The molecule has 212 valence electrons. The van der Waals surface area contributed by atoms with Gasteiger partial charge in [0.1, 0.15) is 18.1 Å². The fraction of sp³-hybridized carbons (Fsp3) is 0.739. The third-order valence-corrected chi connectivity index (χ3v) is 5.73. The molecule has 0 aromatic carbocycles. The molecule has 4 amide bonds. The number of carboxylic acid groups (broad SMARTS) is 1. The Kier molecular flexibility index (Phi) is 15.5. The van der Waals surface area contributed by atoms with Crippen LogP contribution in [0.2, 0.25) is 0 Å². The molecule has 0 spiro atoms. The van der Waals surface area contributed by atoms with E-state index >= 15 is 0 Å². The van der Waals surface area contributed by atoms with Gasteiger partial charge in [0.05, 0.1) is 6.04 Å². The van der Waals surface area contributed by atoms with Crippen molar-refractivity contribution in [2.24, 2.45) is 39.8 Å². The topological polar surface area (TPSA) is 258 Å². The van der Waals surface area contributed by atoms with E-state index < -0.39 is 53.8 Å². The number of hydrogen-bond donors (Lipinski definition) is 8. The standard InChI is InChI=1S/C23H44N8O6/c1-5-13(4)18(31-19(33)14(24)7-6-10-28-23(26)27)21(35)29-15(8-9-17(25)32)20(34)30-16(22(36)37)11-12(2)3/h12-16,18H,5-11,24H2,1-4H3,(H2,25,32)(H,29,35)(H,30,34)(H,31,33)(H,36,37)(H4,26,27,28). The van der Waals surface area contributed by atoms with Crippen molar-refractivity contribution in [1.29, 1.82) is 0 Å². The summed E-state index contributed by atoms with van der Waals surface area (Å²) in [5.41, 5.74) is 21.7. The summed E-state index contributed by atoms with van der Waals surface area (Å²) in [6.07, 6.45) is 1.04. The van der Waals surface area contributed by atoms with E-state index in [-0.39, 0.29) is 43.5 Å². The fourth-order valence-electron chi connectivity index (χ4n) is 3.39. The lowest BCUT2D eigenvalue weighted by atomic mass is 9.96. The zero-order chi connectivity index (χ0) is 28.7. The second kappa shape index (κ2) is 17.1. The zero-order valence-corrected chi connectivity index (χ0v) is 22.2. The van der Waals surface area contributed by atoms with Gasteiger partial charge in [-0.2, -0.15) is 0 Å². The first-order chi connectivity index (χ1) is 17.2. The molecule has 12 N–H and O–H groups in total. The number of carbonyl (C=O) groups is 5. The van der Waals surface area contributed by atoms with Crippen molar-refractivity contribution in [3.63, 3.8) is 0 Å². The summed E-state index contributed by atoms with van der Waals surface area (Å²) >= 11 is 0. The molecule has 0 aliphatic heterocycles. The van der Waals surface area contributed by atoms with E-state index in [2.05, 4.69) is 20.9 Å². The number of nitrogens with zero attached hydrogens (tertiary/aromatic N) is 1. The van der Waals surface area contributed by atoms with E-state index in [0.717, 1.165) is 0 Å². The van der Waals surface area contributed by atoms with Gasteiger partial charge >= 0.3 is 5.97 Å². The van der Waals surface area contributed by atoms with Gasteiger partial charge in [-0.1, -0.05) is 34.1 Å². The van der Waals surface area contributed by atoms with Crippen molar-refractivity contribution < 1.29 is 29.1 Å². The van der Waals surface area contributed by atoms with E-state index in [9.17, 15) is 29.1 Å². The number of carboxylic acids is 1. The summed E-state index contributed by atoms with van der Waals surface area (Å²) in [5.74, 6) is -4.34. The molecule has 0 rings (SSSR count). The summed E-state index contributed by atoms with van der Waals surface area (Å²) in [6.45, 7) is 7.48. The lowest BCUT2D eigenvalue weighted by Gasteiger charge is -2.28. The third kappa shape index (κ3) is 14.0. The Morgan fingerprint density at radius 2 is 1.46 bits per heavy atom. The van der Waals surface area contributed by atoms with Gasteiger partial charge in [-0.15, -0.1) is 0 Å². The first kappa shape index (κ1) is 33.6. The average Bonchev–Trinajstić information content (AvgIpc) is 2.80. The van der Waals surface area contributed by atoms with Crippen molar-refractivity contribution in [3.8, 4) is 0 Å². The normalized spacial score (nSPS) is 15.0. The lowest BCUT2D eigenvalue weighted by molar-refractivity contribution is -0.143. The van der Waals surface area contributed by atoms with Crippen LogP contribution in [0.4, 0.5) is 0 Å². The number of primary amides is 1. The molecule has 0 heterocycles. The second-order valence-corrected chi connectivity index (χ2v) is 9.52. The molecule has 14 heteroatoms. The lowest BCUT2D eigenvalue weighted by Crippen LogP contribution is -2.58. The smallest absolute Gasteiger partial charge is 0.326 e. The number of rotatable bonds is 18. The minimum absolute atomic E-state index is 0.0197. The van der Waals surface area contributed by atoms with Crippen molar-refractivity contribution in [1.82, 2.24) is 16.0 Å². The third-order valence-electron chi connectivity index (χ3n) is 5.73. The van der Waals surface area contributed by atoms with Crippen molar-refractivity contribution >= 4 is 35.6 Å². The zero-order valence-electron chi connectivity index (χ0n) is 22.2. The minimum atomic E-state index is -1.24. The second-order valence-electron chi connectivity index (χ2n) is 9.52. The maximum Gasteiger partial charge on any atom is 0.326 e. The summed E-state index contributed by atoms with van der Waals surface area (Å²) in [7, 11) is 0. The highest BCUT2D eigenvalue weighted by atomic mass is 16.4. The highest BCUT2D eigenvalue weighted by Crippen LogP contribution is 2.11. The van der Waals surface area contributed by atoms with Crippen molar-refractivity contribution in [3.05, 3.63) is 0 Å². The van der Waals surface area contributed by atoms with Crippen molar-refractivity contribution in [2.45, 2.75) is 90.4 Å². The Hall–Kier alpha value is -3.42. The average molecular weight is 529 g/mol. The molecular weight excluding hydrogens is 484 g/mol. The van der Waals surface area contributed by atoms with Gasteiger partial charge in [-0.25, -0.2) is 4.79 Å². The number of nitrogens with one attached hydrogen (secondary N) is 3. The molecule has 0 saturated carbocycles. The summed E-state index contributed by atoms with van der Waals surface area (Å²) < 4.78 is 0. The van der Waals surface area contributed by atoms with E-state index in [4.69, 9.17) is 22.9 Å². The summed E-state index contributed by atoms with van der Waals surface area (Å²) in [4.78, 5) is 65.5. The van der Waals surface area contributed by atoms with Gasteiger partial charge in [-0.3, -0.25) is 24.2 Å². The Morgan fingerprint density at radius 1 is 0.865 bits per heavy atom. The molecule has 0 aromatic heterocycles. The number of carbonyl (C=O) groups excluding carboxylic acids is 4. The van der Waals surface area contributed by atoms with Crippen LogP contribution in [0.3, 0.4) is 0 Å². The predicted octanol–water partition coefficient (Wildman–Crippen LogP) is -1.74. The monoisotopic (exact) mass is 528 g/mol. The number of hydrogen-bond acceptors (Lipinski definition) is 7. The molecule has 0 aliphatic carbocycles. The van der Waals surface area contributed by atoms with Crippen LogP contribution in [0.5, 0.6) is 0 Å². The quantitative estimate of drug-likeness (QED) is 0.0569. The fourth-order valence-corrected chi connectivity index (χ4v) is 3.39. The van der Waals surface area contributed by atoms with Crippen LogP contribution >= 0.6 is 0 Å². The van der Waals surface area contributed by atoms with Gasteiger partial charge in [0, 0.05) is 13.0 Å². The molecule has 0 radical (unpaired) electrons. The van der Waals surface area contributed by atoms with E-state index in [1.807, 2.05) is 6.92 Å². The molecule has 14 nitrogen and oxygen atoms in total. The van der Waals surface area contributed by atoms with Crippen LogP contribution in [0.15, 0.2) is 4.99 Å². The maximum absolute atomic E-state index is 13.2. The molecular formula is C23H44N8O6. The van der Waals surface area contributed by atoms with Gasteiger partial charge in [0.2, 0.25) is 23.6 Å². The molecule has 0 aliphatic rings. The van der Waals surface area contributed by atoms with Crippen LogP contribution in [0.1, 0.15) is 66.2 Å². The van der Waals surface area contributed by atoms with Gasteiger partial charge < -0.3 is 44.0 Å². The summed E-state index contributed by atoms with van der Waals surface area (Å²) in [6, 6.07) is -4.38. The van der Waals surface area contributed by atoms with Crippen LogP contribution in [-0.2, 0) is 24.0 Å². The van der Waals surface area contributed by atoms with Crippen LogP contribution < -0.4 is 38.9 Å². The van der Waals surface area contributed by atoms with Gasteiger partial charge in [0.25, 0.3) is 0 Å². The highest BCUT2D eigenvalue weighted by Gasteiger charge is 2.32. The summed E-state index contributed by atoms with van der Waals surface area (Å²) in [5, 5.41) is 17.0. The van der Waals surface area contributed by atoms with Crippen LogP contribution in [0, 0.1) is 11.8 Å². The predicted molar refractivity (Wildman–Crippen MR) is 139 cm³/mol. The Morgan fingerprint density at radius 3 is 1.95 bits per heavy atom. The number of aliphatic carboxylic acids is 1. The Bertz CT molecular complexity index is 815. The Labute approximate surface area is 217 Å². The first-order valence-electron chi connectivity index (χ1n) is 12.4. The van der Waals surface area contributed by atoms with Gasteiger partial charge in [0.15, 0.2) is 5.96 Å². The number of aliphatic imine (C=N–C) groups is 1. The van der Waals surface area contributed by atoms with Gasteiger partial charge in [-0.05, 0) is 37.5 Å². The first-order valence-corrected chi connectivity index (χ1v) is 12.4. The molecule has 0 fully saturated rings. The molecule has 0 aromatic rings. The molecule has 0 saturated heterocycles. The van der Waals surface area contributed by atoms with Crippen LogP contribution in [-0.4, -0.2) is 71.4 Å². The number of guanidine groups is 1. The maximum atomic E-state index is 13.2. The SMILES string of the molecule is CCC(C)C(NC(=O)C(N)CCCN=C(N)N)C(=O)NC(CCC(N)=O)C(=O)NC(CC(C)C)C(=O)O. The number of amides is 4. The largest absolute Gasteiger partial charge is 0.480 e. The van der Waals surface area contributed by atoms with E-state index in [1.54, 1.807) is 20.8 Å². The molecule has 5 atom stereocenters. The van der Waals surface area contributed by atoms with Crippen LogP contribution in [0.25, 0.3) is 0 Å². The molecule has 5 unspecified atom stereocenters. The van der Waals surface area contributed by atoms with E-state index in [1.165, 1.54) is 0 Å². The molecule has 0 bridgehead atoms. The van der Waals surface area contributed by atoms with Crippen molar-refractivity contribution in [2.75, 3.05) is 6.54 Å². The minimum Gasteiger partial charge on any atom is -0.480 e. The Balaban J connectivity index is 5.53. The molecule has 37 heavy (non-hydrogen) atoms. The van der Waals surface area contributed by atoms with E-state index in [0.29, 0.717) is 19.4 Å². The highest BCUT2D eigenvalue weighted by molar-refractivity contribution is 5.94. The number of nitrogens with two attached hydrogens (primary N) is 4.